The molecule has 0 radical (unpaired) electrons. The summed E-state index contributed by atoms with van der Waals surface area (Å²) >= 11 is 1.84. The Morgan fingerprint density at radius 2 is 2.00 bits per heavy atom. The van der Waals surface area contributed by atoms with Gasteiger partial charge in [-0.1, -0.05) is 12.8 Å². The van der Waals surface area contributed by atoms with Gasteiger partial charge in [-0.15, -0.1) is 11.3 Å². The van der Waals surface area contributed by atoms with Crippen LogP contribution in [0.3, 0.4) is 0 Å². The molecule has 0 atom stereocenters. The first-order valence-corrected chi connectivity index (χ1v) is 8.04. The number of ether oxygens (including phenoxy) is 1. The SMILES string of the molecule is COCCNCc1sc(N2CCCCCC2)nc1C. The Morgan fingerprint density at radius 3 is 2.68 bits per heavy atom. The Morgan fingerprint density at radius 1 is 1.26 bits per heavy atom. The number of aryl methyl sites for hydroxylation is 1. The molecular formula is C14H25N3OS. The Bertz CT molecular complexity index is 373. The van der Waals surface area contributed by atoms with Crippen molar-refractivity contribution in [2.24, 2.45) is 0 Å². The molecule has 1 saturated heterocycles. The van der Waals surface area contributed by atoms with Crippen molar-refractivity contribution in [3.63, 3.8) is 0 Å². The van der Waals surface area contributed by atoms with E-state index in [2.05, 4.69) is 17.1 Å². The van der Waals surface area contributed by atoms with E-state index in [-0.39, 0.29) is 0 Å². The molecule has 4 nitrogen and oxygen atoms in total. The second-order valence-electron chi connectivity index (χ2n) is 5.08. The van der Waals surface area contributed by atoms with Gasteiger partial charge in [-0.05, 0) is 19.8 Å². The number of hydrogen-bond acceptors (Lipinski definition) is 5. The maximum atomic E-state index is 5.04. The second-order valence-corrected chi connectivity index (χ2v) is 6.14. The van der Waals surface area contributed by atoms with Crippen LogP contribution in [0.5, 0.6) is 0 Å². The van der Waals surface area contributed by atoms with E-state index in [1.165, 1.54) is 54.5 Å². The summed E-state index contributed by atoms with van der Waals surface area (Å²) in [6.45, 7) is 7.02. The third-order valence-electron chi connectivity index (χ3n) is 3.53. The van der Waals surface area contributed by atoms with E-state index in [1.54, 1.807) is 7.11 Å². The van der Waals surface area contributed by atoms with E-state index in [0.717, 1.165) is 19.7 Å². The molecule has 19 heavy (non-hydrogen) atoms. The summed E-state index contributed by atoms with van der Waals surface area (Å²) in [6, 6.07) is 0. The van der Waals surface area contributed by atoms with Crippen molar-refractivity contribution < 1.29 is 4.74 Å². The topological polar surface area (TPSA) is 37.4 Å². The van der Waals surface area contributed by atoms with Gasteiger partial charge in [0.05, 0.1) is 12.3 Å². The molecule has 0 bridgehead atoms. The largest absolute Gasteiger partial charge is 0.383 e. The molecule has 0 spiro atoms. The zero-order valence-corrected chi connectivity index (χ0v) is 12.9. The fourth-order valence-corrected chi connectivity index (χ4v) is 3.43. The van der Waals surface area contributed by atoms with Gasteiger partial charge in [0.15, 0.2) is 5.13 Å². The predicted octanol–water partition coefficient (Wildman–Crippen LogP) is 2.57. The van der Waals surface area contributed by atoms with Crippen LogP contribution in [0.2, 0.25) is 0 Å². The zero-order chi connectivity index (χ0) is 13.5. The molecule has 0 amide bonds. The van der Waals surface area contributed by atoms with Crippen LogP contribution < -0.4 is 10.2 Å². The highest BCUT2D eigenvalue weighted by atomic mass is 32.1. The number of rotatable bonds is 6. The molecule has 1 aliphatic rings. The number of nitrogens with one attached hydrogen (secondary N) is 1. The zero-order valence-electron chi connectivity index (χ0n) is 12.1. The maximum Gasteiger partial charge on any atom is 0.185 e. The maximum absolute atomic E-state index is 5.04. The van der Waals surface area contributed by atoms with Crippen LogP contribution in [-0.4, -0.2) is 38.3 Å². The van der Waals surface area contributed by atoms with Crippen molar-refractivity contribution in [1.29, 1.82) is 0 Å². The smallest absolute Gasteiger partial charge is 0.185 e. The quantitative estimate of drug-likeness (QED) is 0.814. The summed E-state index contributed by atoms with van der Waals surface area (Å²) in [5.41, 5.74) is 1.18. The van der Waals surface area contributed by atoms with Gasteiger partial charge in [-0.3, -0.25) is 0 Å². The molecule has 1 aromatic rings. The number of nitrogens with zero attached hydrogens (tertiary/aromatic N) is 2. The van der Waals surface area contributed by atoms with Crippen molar-refractivity contribution in [3.8, 4) is 0 Å². The number of thiazole rings is 1. The van der Waals surface area contributed by atoms with E-state index < -0.39 is 0 Å². The van der Waals surface area contributed by atoms with Crippen LogP contribution >= 0.6 is 11.3 Å². The van der Waals surface area contributed by atoms with Crippen LogP contribution in [0, 0.1) is 6.92 Å². The highest BCUT2D eigenvalue weighted by molar-refractivity contribution is 7.15. The minimum atomic E-state index is 0.761. The Labute approximate surface area is 120 Å². The van der Waals surface area contributed by atoms with Crippen LogP contribution in [0.1, 0.15) is 36.3 Å². The number of hydrogen-bond donors (Lipinski definition) is 1. The average molecular weight is 283 g/mol. The van der Waals surface area contributed by atoms with Gasteiger partial charge < -0.3 is 15.0 Å². The minimum absolute atomic E-state index is 0.761. The van der Waals surface area contributed by atoms with E-state index in [9.17, 15) is 0 Å². The van der Waals surface area contributed by atoms with Crippen LogP contribution in [0.25, 0.3) is 0 Å². The molecule has 5 heteroatoms. The third kappa shape index (κ3) is 4.44. The molecule has 1 aliphatic heterocycles. The molecular weight excluding hydrogens is 258 g/mol. The molecule has 2 rings (SSSR count). The molecule has 1 aromatic heterocycles. The Hall–Kier alpha value is -0.650. The molecule has 0 unspecified atom stereocenters. The van der Waals surface area contributed by atoms with Gasteiger partial charge in [0.25, 0.3) is 0 Å². The van der Waals surface area contributed by atoms with Crippen molar-refractivity contribution in [2.45, 2.75) is 39.2 Å². The minimum Gasteiger partial charge on any atom is -0.383 e. The third-order valence-corrected chi connectivity index (χ3v) is 4.74. The molecule has 1 fully saturated rings. The van der Waals surface area contributed by atoms with Crippen molar-refractivity contribution in [2.75, 3.05) is 38.3 Å². The fraction of sp³-hybridized carbons (Fsp3) is 0.786. The Balaban J connectivity index is 1.91. The van der Waals surface area contributed by atoms with Gasteiger partial charge >= 0.3 is 0 Å². The first-order chi connectivity index (χ1) is 9.31. The van der Waals surface area contributed by atoms with Crippen molar-refractivity contribution >= 4 is 16.5 Å². The van der Waals surface area contributed by atoms with E-state index in [4.69, 9.17) is 9.72 Å². The van der Waals surface area contributed by atoms with E-state index >= 15 is 0 Å². The van der Waals surface area contributed by atoms with Gasteiger partial charge in [-0.25, -0.2) is 4.98 Å². The van der Waals surface area contributed by atoms with E-state index in [1.807, 2.05) is 11.3 Å². The average Bonchev–Trinajstić information content (AvgIpc) is 2.65. The Kier molecular flexibility index (Phi) is 6.07. The summed E-state index contributed by atoms with van der Waals surface area (Å²) in [7, 11) is 1.73. The lowest BCUT2D eigenvalue weighted by Gasteiger charge is -2.18. The lowest BCUT2D eigenvalue weighted by atomic mass is 10.2. The molecule has 0 aliphatic carbocycles. The molecule has 0 aromatic carbocycles. The van der Waals surface area contributed by atoms with E-state index in [0.29, 0.717) is 0 Å². The van der Waals surface area contributed by atoms with Crippen LogP contribution in [0.15, 0.2) is 0 Å². The highest BCUT2D eigenvalue weighted by Crippen LogP contribution is 2.27. The summed E-state index contributed by atoms with van der Waals surface area (Å²) < 4.78 is 5.04. The molecule has 1 N–H and O–H groups in total. The standard InChI is InChI=1S/C14H25N3OS/c1-12-13(11-15-7-10-18-2)19-14(16-12)17-8-5-3-4-6-9-17/h15H,3-11H2,1-2H3. The van der Waals surface area contributed by atoms with Crippen LogP contribution in [0.4, 0.5) is 5.13 Å². The summed E-state index contributed by atoms with van der Waals surface area (Å²) in [5.74, 6) is 0. The lowest BCUT2D eigenvalue weighted by molar-refractivity contribution is 0.199. The summed E-state index contributed by atoms with van der Waals surface area (Å²) in [4.78, 5) is 8.57. The summed E-state index contributed by atoms with van der Waals surface area (Å²) in [5, 5.41) is 4.61. The van der Waals surface area contributed by atoms with Gasteiger partial charge in [0, 0.05) is 38.2 Å². The van der Waals surface area contributed by atoms with Crippen LogP contribution in [-0.2, 0) is 11.3 Å². The number of aromatic nitrogens is 1. The van der Waals surface area contributed by atoms with Gasteiger partial charge in [0.2, 0.25) is 0 Å². The molecule has 0 saturated carbocycles. The highest BCUT2D eigenvalue weighted by Gasteiger charge is 2.15. The first-order valence-electron chi connectivity index (χ1n) is 7.22. The van der Waals surface area contributed by atoms with Crippen molar-refractivity contribution in [1.82, 2.24) is 10.3 Å². The predicted molar refractivity (Wildman–Crippen MR) is 81.1 cm³/mol. The molecule has 2 heterocycles. The molecule has 108 valence electrons. The van der Waals surface area contributed by atoms with Gasteiger partial charge in [0.1, 0.15) is 0 Å². The fourth-order valence-electron chi connectivity index (χ4n) is 2.35. The number of methoxy groups -OCH3 is 1. The lowest BCUT2D eigenvalue weighted by Crippen LogP contribution is -2.23. The monoisotopic (exact) mass is 283 g/mol. The summed E-state index contributed by atoms with van der Waals surface area (Å²) in [6.07, 6.45) is 5.35. The second kappa shape index (κ2) is 7.82. The number of anilines is 1. The van der Waals surface area contributed by atoms with Gasteiger partial charge in [-0.2, -0.15) is 0 Å². The van der Waals surface area contributed by atoms with Crippen molar-refractivity contribution in [3.05, 3.63) is 10.6 Å². The normalized spacial score (nSPS) is 16.6. The first kappa shape index (κ1) is 14.8.